The summed E-state index contributed by atoms with van der Waals surface area (Å²) in [5.41, 5.74) is 1.61. The number of thiazole rings is 1. The molecule has 0 bridgehead atoms. The molecule has 7 heteroatoms. The lowest BCUT2D eigenvalue weighted by molar-refractivity contribution is -0.123. The van der Waals surface area contributed by atoms with Crippen molar-refractivity contribution in [2.45, 2.75) is 91.3 Å². The van der Waals surface area contributed by atoms with E-state index in [-0.39, 0.29) is 29.3 Å². The Bertz CT molecular complexity index is 931. The van der Waals surface area contributed by atoms with E-state index >= 15 is 0 Å². The van der Waals surface area contributed by atoms with Gasteiger partial charge in [-0.2, -0.15) is 0 Å². The summed E-state index contributed by atoms with van der Waals surface area (Å²) in [7, 11) is 0. The van der Waals surface area contributed by atoms with Crippen LogP contribution in [0.4, 0.5) is 0 Å². The lowest BCUT2D eigenvalue weighted by Crippen LogP contribution is -2.53. The molecule has 1 aromatic heterocycles. The molecule has 0 radical (unpaired) electrons. The van der Waals surface area contributed by atoms with E-state index in [1.165, 1.54) is 16.9 Å². The molecule has 0 saturated heterocycles. The second-order valence-corrected chi connectivity index (χ2v) is 11.4. The quantitative estimate of drug-likeness (QED) is 0.537. The van der Waals surface area contributed by atoms with Crippen LogP contribution in [0.5, 0.6) is 5.75 Å². The number of rotatable bonds is 8. The highest BCUT2D eigenvalue weighted by Gasteiger charge is 2.29. The van der Waals surface area contributed by atoms with E-state index in [0.717, 1.165) is 36.4 Å². The molecule has 3 rings (SSSR count). The van der Waals surface area contributed by atoms with Crippen molar-refractivity contribution >= 4 is 23.2 Å². The number of hydrogen-bond acceptors (Lipinski definition) is 5. The van der Waals surface area contributed by atoms with Gasteiger partial charge in [-0.05, 0) is 41.9 Å². The molecule has 0 unspecified atom stereocenters. The monoisotopic (exact) mass is 471 g/mol. The van der Waals surface area contributed by atoms with Crippen molar-refractivity contribution in [1.29, 1.82) is 0 Å². The summed E-state index contributed by atoms with van der Waals surface area (Å²) >= 11 is 1.42. The fourth-order valence-electron chi connectivity index (χ4n) is 4.03. The van der Waals surface area contributed by atoms with Gasteiger partial charge in [0.2, 0.25) is 5.91 Å². The highest BCUT2D eigenvalue weighted by atomic mass is 32.1. The van der Waals surface area contributed by atoms with Crippen LogP contribution in [0.2, 0.25) is 0 Å². The van der Waals surface area contributed by atoms with Crippen molar-refractivity contribution in [2.75, 3.05) is 0 Å². The molecule has 0 spiro atoms. The first-order valence-electron chi connectivity index (χ1n) is 11.9. The Balaban J connectivity index is 1.53. The SMILES string of the molecule is CC(C)c1ccc(OCc2nc(C(=O)N[C@H]3CCCC[C@H]3NC(=O)CC(C)(C)C)cs2)cc1. The first kappa shape index (κ1) is 25.2. The average molecular weight is 472 g/mol. The predicted octanol–water partition coefficient (Wildman–Crippen LogP) is 5.44. The van der Waals surface area contributed by atoms with Crippen LogP contribution in [0.15, 0.2) is 29.6 Å². The fraction of sp³-hybridized carbons (Fsp3) is 0.577. The average Bonchev–Trinajstić information content (AvgIpc) is 3.22. The first-order valence-corrected chi connectivity index (χ1v) is 12.8. The van der Waals surface area contributed by atoms with Crippen LogP contribution < -0.4 is 15.4 Å². The lowest BCUT2D eigenvalue weighted by atomic mass is 9.88. The van der Waals surface area contributed by atoms with Crippen LogP contribution in [-0.2, 0) is 11.4 Å². The third-order valence-electron chi connectivity index (χ3n) is 5.81. The number of benzene rings is 1. The molecule has 6 nitrogen and oxygen atoms in total. The molecular weight excluding hydrogens is 434 g/mol. The summed E-state index contributed by atoms with van der Waals surface area (Å²) in [5, 5.41) is 8.78. The minimum atomic E-state index is -0.194. The number of hydrogen-bond donors (Lipinski definition) is 2. The first-order chi connectivity index (χ1) is 15.6. The van der Waals surface area contributed by atoms with Gasteiger partial charge in [-0.25, -0.2) is 4.98 Å². The summed E-state index contributed by atoms with van der Waals surface area (Å²) in [6.07, 6.45) is 4.32. The predicted molar refractivity (Wildman–Crippen MR) is 133 cm³/mol. The highest BCUT2D eigenvalue weighted by Crippen LogP contribution is 2.23. The molecule has 2 amide bonds. The standard InChI is InChI=1S/C26H37N3O3S/c1-17(2)18-10-12-19(13-11-18)32-15-24-28-22(16-33-24)25(31)29-21-9-7-6-8-20(21)27-23(30)14-26(3,4)5/h10-13,16-17,20-21H,6-9,14-15H2,1-5H3,(H,27,30)(H,29,31)/t20-,21+/m1/s1. The summed E-state index contributed by atoms with van der Waals surface area (Å²) in [6.45, 7) is 10.8. The molecule has 2 N–H and O–H groups in total. The number of carbonyl (C=O) groups excluding carboxylic acids is 2. The van der Waals surface area contributed by atoms with Gasteiger partial charge in [0.05, 0.1) is 0 Å². The van der Waals surface area contributed by atoms with Gasteiger partial charge in [-0.1, -0.05) is 59.6 Å². The topological polar surface area (TPSA) is 80.3 Å². The highest BCUT2D eigenvalue weighted by molar-refractivity contribution is 7.09. The van der Waals surface area contributed by atoms with Crippen LogP contribution in [-0.4, -0.2) is 28.9 Å². The summed E-state index contributed by atoms with van der Waals surface area (Å²) in [6, 6.07) is 7.97. The van der Waals surface area contributed by atoms with Gasteiger partial charge in [-0.3, -0.25) is 9.59 Å². The van der Waals surface area contributed by atoms with Gasteiger partial charge in [0.15, 0.2) is 0 Å². The van der Waals surface area contributed by atoms with Gasteiger partial charge in [-0.15, -0.1) is 11.3 Å². The molecule has 2 aromatic rings. The third-order valence-corrected chi connectivity index (χ3v) is 6.64. The van der Waals surface area contributed by atoms with E-state index in [0.29, 0.717) is 24.6 Å². The molecule has 1 aliphatic rings. The number of nitrogens with one attached hydrogen (secondary N) is 2. The Morgan fingerprint density at radius 3 is 2.33 bits per heavy atom. The Morgan fingerprint density at radius 1 is 1.09 bits per heavy atom. The van der Waals surface area contributed by atoms with Crippen LogP contribution in [0.3, 0.4) is 0 Å². The van der Waals surface area contributed by atoms with E-state index in [1.54, 1.807) is 5.38 Å². The second kappa shape index (κ2) is 11.1. The van der Waals surface area contributed by atoms with E-state index in [9.17, 15) is 9.59 Å². The van der Waals surface area contributed by atoms with Crippen LogP contribution in [0.25, 0.3) is 0 Å². The summed E-state index contributed by atoms with van der Waals surface area (Å²) < 4.78 is 5.84. The Hall–Kier alpha value is -2.41. The lowest BCUT2D eigenvalue weighted by Gasteiger charge is -2.33. The van der Waals surface area contributed by atoms with E-state index in [4.69, 9.17) is 4.74 Å². The molecule has 1 fully saturated rings. The maximum Gasteiger partial charge on any atom is 0.271 e. The minimum absolute atomic E-state index is 0.0344. The smallest absolute Gasteiger partial charge is 0.271 e. The van der Waals surface area contributed by atoms with Crippen molar-refractivity contribution in [3.63, 3.8) is 0 Å². The zero-order valence-electron chi connectivity index (χ0n) is 20.4. The maximum absolute atomic E-state index is 12.8. The molecule has 1 aromatic carbocycles. The van der Waals surface area contributed by atoms with Gasteiger partial charge >= 0.3 is 0 Å². The number of carbonyl (C=O) groups is 2. The molecule has 1 aliphatic carbocycles. The van der Waals surface area contributed by atoms with Crippen LogP contribution in [0, 0.1) is 5.41 Å². The molecule has 180 valence electrons. The number of aromatic nitrogens is 1. The number of ether oxygens (including phenoxy) is 1. The van der Waals surface area contributed by atoms with Crippen molar-refractivity contribution in [2.24, 2.45) is 5.41 Å². The normalized spacial score (nSPS) is 18.7. The van der Waals surface area contributed by atoms with Crippen molar-refractivity contribution in [3.8, 4) is 5.75 Å². The minimum Gasteiger partial charge on any atom is -0.486 e. The van der Waals surface area contributed by atoms with Crippen molar-refractivity contribution in [3.05, 3.63) is 45.9 Å². The summed E-state index contributed by atoms with van der Waals surface area (Å²) in [4.78, 5) is 29.7. The van der Waals surface area contributed by atoms with Gasteiger partial charge < -0.3 is 15.4 Å². The van der Waals surface area contributed by atoms with E-state index < -0.39 is 0 Å². The molecule has 33 heavy (non-hydrogen) atoms. The van der Waals surface area contributed by atoms with E-state index in [1.807, 2.05) is 12.1 Å². The van der Waals surface area contributed by atoms with E-state index in [2.05, 4.69) is 62.4 Å². The molecule has 0 aliphatic heterocycles. The summed E-state index contributed by atoms with van der Waals surface area (Å²) in [5.74, 6) is 1.12. The Kier molecular flexibility index (Phi) is 8.51. The van der Waals surface area contributed by atoms with Gasteiger partial charge in [0.1, 0.15) is 23.1 Å². The van der Waals surface area contributed by atoms with Crippen LogP contribution in [0.1, 0.15) is 93.7 Å². The van der Waals surface area contributed by atoms with Crippen molar-refractivity contribution in [1.82, 2.24) is 15.6 Å². The fourth-order valence-corrected chi connectivity index (χ4v) is 4.72. The zero-order chi connectivity index (χ0) is 24.0. The van der Waals surface area contributed by atoms with Gasteiger partial charge in [0, 0.05) is 23.9 Å². The second-order valence-electron chi connectivity index (χ2n) is 10.4. The Labute approximate surface area is 201 Å². The molecular formula is C26H37N3O3S. The van der Waals surface area contributed by atoms with Gasteiger partial charge in [0.25, 0.3) is 5.91 Å². The molecule has 1 saturated carbocycles. The zero-order valence-corrected chi connectivity index (χ0v) is 21.3. The third kappa shape index (κ3) is 7.84. The van der Waals surface area contributed by atoms with Crippen LogP contribution >= 0.6 is 11.3 Å². The largest absolute Gasteiger partial charge is 0.486 e. The number of amides is 2. The maximum atomic E-state index is 12.8. The molecule has 1 heterocycles. The molecule has 2 atom stereocenters. The number of nitrogens with zero attached hydrogens (tertiary/aromatic N) is 1. The Morgan fingerprint density at radius 2 is 1.73 bits per heavy atom. The van der Waals surface area contributed by atoms with Crippen molar-refractivity contribution < 1.29 is 14.3 Å².